The monoisotopic (exact) mass is 1810 g/mol. The summed E-state index contributed by atoms with van der Waals surface area (Å²) in [4.78, 5) is 0. The van der Waals surface area contributed by atoms with Crippen LogP contribution in [-0.4, -0.2) is 13.7 Å². The Labute approximate surface area is 827 Å². The lowest BCUT2D eigenvalue weighted by Crippen LogP contribution is -2.10. The maximum Gasteiger partial charge on any atom is 0.0541 e. The van der Waals surface area contributed by atoms with Gasteiger partial charge >= 0.3 is 0 Å². The number of hydrogen-bond acceptors (Lipinski definition) is 0. The molecule has 0 aliphatic carbocycles. The summed E-state index contributed by atoms with van der Waals surface area (Å²) in [5.41, 5.74) is 38.6. The highest BCUT2D eigenvalue weighted by atomic mass is 15.0. The van der Waals surface area contributed by atoms with Gasteiger partial charge in [0.25, 0.3) is 0 Å². The van der Waals surface area contributed by atoms with E-state index in [2.05, 4.69) is 559 Å². The van der Waals surface area contributed by atoms with E-state index in [1.807, 2.05) is 0 Å². The molecular weight excluding hydrogens is 1710 g/mol. The van der Waals surface area contributed by atoms with Crippen LogP contribution in [0.1, 0.15) is 43.0 Å². The summed E-state index contributed by atoms with van der Waals surface area (Å²) in [6, 6.07) is 185. The predicted molar refractivity (Wildman–Crippen MR) is 609 cm³/mol. The van der Waals surface area contributed by atoms with Crippen LogP contribution in [-0.2, 0) is 5.41 Å². The number of aryl methyl sites for hydroxylation is 3. The van der Waals surface area contributed by atoms with Crippen LogP contribution in [0.2, 0.25) is 0 Å². The van der Waals surface area contributed by atoms with E-state index >= 15 is 0 Å². The van der Waals surface area contributed by atoms with Gasteiger partial charge in [0, 0.05) is 49.4 Å². The zero-order chi connectivity index (χ0) is 95.2. The highest BCUT2D eigenvalue weighted by Gasteiger charge is 2.26. The van der Waals surface area contributed by atoms with Crippen molar-refractivity contribution in [3.05, 3.63) is 526 Å². The molecule has 3 nitrogen and oxygen atoms in total. The molecule has 0 N–H and O–H groups in total. The first-order valence-electron chi connectivity index (χ1n) is 49.5. The largest absolute Gasteiger partial charge is 0.309 e. The van der Waals surface area contributed by atoms with E-state index in [1.54, 1.807) is 0 Å². The highest BCUT2D eigenvalue weighted by molar-refractivity contribution is 6.25. The van der Waals surface area contributed by atoms with Crippen molar-refractivity contribution < 1.29 is 0 Å². The molecule has 24 aromatic carbocycles. The fraction of sp³-hybridized carbons (Fsp3) is 0.0504. The first-order valence-corrected chi connectivity index (χ1v) is 49.5. The van der Waals surface area contributed by atoms with Crippen LogP contribution < -0.4 is 0 Å². The number of benzene rings is 24. The van der Waals surface area contributed by atoms with Crippen LogP contribution in [0.15, 0.2) is 504 Å². The molecule has 0 radical (unpaired) electrons. The SMILES string of the molecule is Cc1ccc2c(-c3ccc(-n4c5ccccc5c5cc(-c6ccccc6)ccc54)cc3)c3ccccc3c(-c3ccccc3)c2c1.Cc1ccc2c(c1)c1cc(C)ccc1n2-c1ccc(-c2c3ccccc3c(-c3ccc(-c4ccccc4)cc3)c3cc(C(C)(C)C)ccc23)cc1.c1ccc(-c2ccc3c(c2)c2ccccc2n3-c2ccc(-c3c4ccccc4c(-c4ccccc4)c4ccccc34)cc2)cc1. The number of hydrogen-bond donors (Lipinski definition) is 0. The van der Waals surface area contributed by atoms with Crippen LogP contribution in [0.3, 0.4) is 0 Å². The van der Waals surface area contributed by atoms with Gasteiger partial charge in [-0.2, -0.15) is 0 Å². The lowest BCUT2D eigenvalue weighted by atomic mass is 9.81. The Hall–Kier alpha value is -17.8. The number of fused-ring (bicyclic) bond motifs is 15. The third-order valence-electron chi connectivity index (χ3n) is 29.3. The molecule has 0 saturated heterocycles. The molecule has 3 heteroatoms. The Morgan fingerprint density at radius 2 is 0.331 bits per heavy atom. The van der Waals surface area contributed by atoms with Gasteiger partial charge in [0.2, 0.25) is 0 Å². The molecule has 0 spiro atoms. The first-order chi connectivity index (χ1) is 69.8. The first kappa shape index (κ1) is 85.9. The van der Waals surface area contributed by atoms with Gasteiger partial charge in [-0.05, 0) is 300 Å². The van der Waals surface area contributed by atoms with Gasteiger partial charge in [0.15, 0.2) is 0 Å². The smallest absolute Gasteiger partial charge is 0.0541 e. The molecule has 0 atom stereocenters. The maximum absolute atomic E-state index is 2.45. The molecule has 672 valence electrons. The number of aromatic nitrogens is 3. The van der Waals surface area contributed by atoms with E-state index in [0.29, 0.717) is 0 Å². The lowest BCUT2D eigenvalue weighted by Gasteiger charge is -2.23. The second-order valence-electron chi connectivity index (χ2n) is 39.1. The van der Waals surface area contributed by atoms with E-state index in [0.717, 1.165) is 11.4 Å². The van der Waals surface area contributed by atoms with Crippen molar-refractivity contribution in [2.45, 2.75) is 47.0 Å². The van der Waals surface area contributed by atoms with Crippen molar-refractivity contribution in [1.82, 2.24) is 13.7 Å². The summed E-state index contributed by atoms with van der Waals surface area (Å²) in [6.45, 7) is 13.5. The Balaban J connectivity index is 0.000000112. The molecule has 0 fully saturated rings. The Bertz CT molecular complexity index is 9460. The van der Waals surface area contributed by atoms with Gasteiger partial charge in [0.1, 0.15) is 0 Å². The van der Waals surface area contributed by atoms with Crippen molar-refractivity contribution in [3.63, 3.8) is 0 Å². The molecule has 3 aromatic heterocycles. The van der Waals surface area contributed by atoms with Gasteiger partial charge in [0.05, 0.1) is 33.1 Å². The van der Waals surface area contributed by atoms with Crippen molar-refractivity contribution >= 4 is 130 Å². The fourth-order valence-corrected chi connectivity index (χ4v) is 22.6. The Kier molecular flexibility index (Phi) is 21.6. The minimum Gasteiger partial charge on any atom is -0.309 e. The second kappa shape index (κ2) is 35.7. The van der Waals surface area contributed by atoms with Crippen LogP contribution in [0.5, 0.6) is 0 Å². The van der Waals surface area contributed by atoms with Gasteiger partial charge in [-0.3, -0.25) is 0 Å². The molecule has 27 rings (SSSR count). The fourth-order valence-electron chi connectivity index (χ4n) is 22.6. The van der Waals surface area contributed by atoms with Gasteiger partial charge in [-0.1, -0.05) is 438 Å². The molecule has 0 aliphatic rings. The minimum absolute atomic E-state index is 0.0233. The Morgan fingerprint density at radius 3 is 0.655 bits per heavy atom. The third kappa shape index (κ3) is 15.2. The van der Waals surface area contributed by atoms with Gasteiger partial charge in [-0.25, -0.2) is 0 Å². The van der Waals surface area contributed by atoms with Gasteiger partial charge < -0.3 is 13.7 Å². The number of nitrogens with zero attached hydrogens (tertiary/aromatic N) is 3. The molecule has 0 unspecified atom stereocenters. The van der Waals surface area contributed by atoms with E-state index in [9.17, 15) is 0 Å². The quantitative estimate of drug-likeness (QED) is 0.108. The summed E-state index contributed by atoms with van der Waals surface area (Å²) in [5.74, 6) is 0. The standard InChI is InChI=1S/C50H41N.C45H31N.C44H29N/c1-32-15-27-46-43(29-32)44-30-33(2)16-28-47(44)51(46)39-24-21-37(22-25-39)48-40-13-9-10-14-41(40)49(45-31-38(50(3,4)5)23-26-42(45)48)36-19-17-35(18-20-36)34-11-7-6-8-12-34;1-30-20-26-39-41(28-30)45(32-14-6-3-7-15-32)38-18-9-8-17-37(38)44(39)33-21-24-35(25-22-33)46-42-19-11-10-16-36(42)40-29-34(23-27-43(40)46)31-12-4-2-5-13-31;1-3-13-30(14-4-1)33-25-28-42-40(29-33)35-17-11-12-22-41(35)45(42)34-26-23-32(24-27-34)44-38-20-9-7-18-36(38)43(31-15-5-2-6-16-31)37-19-8-10-21-39(37)44/h6-31H,1-5H3;2-29H,1H3;1-29H. The molecule has 27 aromatic rings. The van der Waals surface area contributed by atoms with E-state index in [1.165, 1.54) is 258 Å². The molecule has 3 heterocycles. The average molecular weight is 1810 g/mol. The lowest BCUT2D eigenvalue weighted by molar-refractivity contribution is 0.591. The van der Waals surface area contributed by atoms with Crippen molar-refractivity contribution in [3.8, 4) is 117 Å². The molecule has 0 bridgehead atoms. The second-order valence-corrected chi connectivity index (χ2v) is 39.1. The summed E-state index contributed by atoms with van der Waals surface area (Å²) >= 11 is 0. The topological polar surface area (TPSA) is 14.8 Å². The molecule has 0 aliphatic heterocycles. The van der Waals surface area contributed by atoms with Crippen LogP contribution in [0.25, 0.3) is 247 Å². The van der Waals surface area contributed by atoms with Crippen molar-refractivity contribution in [2.75, 3.05) is 0 Å². The normalized spacial score (nSPS) is 11.7. The predicted octanol–water partition coefficient (Wildman–Crippen LogP) is 38.5. The molecule has 142 heavy (non-hydrogen) atoms. The van der Waals surface area contributed by atoms with Crippen molar-refractivity contribution in [1.29, 1.82) is 0 Å². The number of para-hydroxylation sites is 2. The minimum atomic E-state index is 0.0233. The summed E-state index contributed by atoms with van der Waals surface area (Å²) < 4.78 is 7.22. The Morgan fingerprint density at radius 1 is 0.134 bits per heavy atom. The molecular formula is C139H101N3. The average Bonchev–Trinajstić information content (AvgIpc) is 1.16. The van der Waals surface area contributed by atoms with Crippen LogP contribution >= 0.6 is 0 Å². The summed E-state index contributed by atoms with van der Waals surface area (Å²) in [5, 5.41) is 23.0. The number of rotatable bonds is 12. The van der Waals surface area contributed by atoms with Crippen LogP contribution in [0, 0.1) is 20.8 Å². The van der Waals surface area contributed by atoms with E-state index < -0.39 is 0 Å². The summed E-state index contributed by atoms with van der Waals surface area (Å²) in [6.07, 6.45) is 0. The van der Waals surface area contributed by atoms with Crippen LogP contribution in [0.4, 0.5) is 0 Å². The zero-order valence-electron chi connectivity index (χ0n) is 80.3. The van der Waals surface area contributed by atoms with Crippen molar-refractivity contribution in [2.24, 2.45) is 0 Å². The molecule has 0 saturated carbocycles. The maximum atomic E-state index is 2.45. The third-order valence-corrected chi connectivity index (χ3v) is 29.3. The van der Waals surface area contributed by atoms with E-state index in [-0.39, 0.29) is 5.41 Å². The summed E-state index contributed by atoms with van der Waals surface area (Å²) in [7, 11) is 0. The highest BCUT2D eigenvalue weighted by Crippen LogP contribution is 2.51. The zero-order valence-corrected chi connectivity index (χ0v) is 80.3. The van der Waals surface area contributed by atoms with Gasteiger partial charge in [-0.15, -0.1) is 0 Å². The molecule has 0 amide bonds. The van der Waals surface area contributed by atoms with E-state index in [4.69, 9.17) is 0 Å².